The molecule has 7 heteroatoms. The molecule has 1 heterocycles. The van der Waals surface area contributed by atoms with Crippen LogP contribution in [0.4, 0.5) is 4.79 Å². The topological polar surface area (TPSA) is 100 Å². The van der Waals surface area contributed by atoms with Gasteiger partial charge in [0.1, 0.15) is 0 Å². The van der Waals surface area contributed by atoms with E-state index >= 15 is 0 Å². The lowest BCUT2D eigenvalue weighted by molar-refractivity contribution is 0.196. The number of carbonyl (C=O) groups is 1. The average molecular weight is 296 g/mol. The molecule has 0 aromatic carbocycles. The molecule has 1 atom stereocenters. The molecule has 1 aromatic heterocycles. The fraction of sp³-hybridized carbons (Fsp3) is 0.786. The second-order valence-corrected chi connectivity index (χ2v) is 5.58. The van der Waals surface area contributed by atoms with Crippen molar-refractivity contribution < 1.29 is 14.4 Å². The van der Waals surface area contributed by atoms with E-state index in [0.717, 1.165) is 12.8 Å². The summed E-state index contributed by atoms with van der Waals surface area (Å²) in [5, 5.41) is 18.5. The third kappa shape index (κ3) is 5.00. The van der Waals surface area contributed by atoms with Crippen molar-refractivity contribution in [2.75, 3.05) is 6.61 Å². The van der Waals surface area contributed by atoms with Gasteiger partial charge in [0, 0.05) is 12.6 Å². The Bertz CT molecular complexity index is 443. The van der Waals surface area contributed by atoms with Gasteiger partial charge in [-0.25, -0.2) is 4.79 Å². The van der Waals surface area contributed by atoms with Crippen molar-refractivity contribution in [2.45, 2.75) is 58.0 Å². The zero-order valence-corrected chi connectivity index (χ0v) is 12.5. The lowest BCUT2D eigenvalue weighted by atomic mass is 9.83. The Labute approximate surface area is 124 Å². The predicted molar refractivity (Wildman–Crippen MR) is 76.5 cm³/mol. The van der Waals surface area contributed by atoms with Crippen molar-refractivity contribution in [3.05, 3.63) is 11.7 Å². The highest BCUT2D eigenvalue weighted by molar-refractivity contribution is 5.74. The number of aliphatic hydroxyl groups is 1. The maximum absolute atomic E-state index is 12.0. The minimum absolute atomic E-state index is 0.0275. The van der Waals surface area contributed by atoms with Crippen LogP contribution in [0.3, 0.4) is 0 Å². The van der Waals surface area contributed by atoms with Crippen LogP contribution in [0.25, 0.3) is 0 Å². The van der Waals surface area contributed by atoms with E-state index < -0.39 is 0 Å². The molecule has 3 N–H and O–H groups in total. The van der Waals surface area contributed by atoms with Crippen LogP contribution >= 0.6 is 0 Å². The fourth-order valence-corrected chi connectivity index (χ4v) is 2.89. The summed E-state index contributed by atoms with van der Waals surface area (Å²) in [6.07, 6.45) is 6.51. The number of hydrogen-bond acceptors (Lipinski definition) is 5. The van der Waals surface area contributed by atoms with Gasteiger partial charge < -0.3 is 20.3 Å². The molecule has 0 spiro atoms. The molecule has 0 aliphatic heterocycles. The Hall–Kier alpha value is -1.63. The van der Waals surface area contributed by atoms with E-state index in [1.165, 1.54) is 19.3 Å². The molecular weight excluding hydrogens is 272 g/mol. The minimum atomic E-state index is -0.255. The maximum atomic E-state index is 12.0. The standard InChI is InChI=1S/C14H24N4O3/c1-10-16-13(21-18-10)9-15-14(20)17-12(7-8-19)11-5-3-2-4-6-11/h11-12,19H,2-9H2,1H3,(H2,15,17,20). The highest BCUT2D eigenvalue weighted by Gasteiger charge is 2.24. The van der Waals surface area contributed by atoms with Gasteiger partial charge in [0.2, 0.25) is 5.89 Å². The number of nitrogens with zero attached hydrogens (tertiary/aromatic N) is 2. The third-order valence-corrected chi connectivity index (χ3v) is 3.95. The van der Waals surface area contributed by atoms with Crippen LogP contribution in [0.15, 0.2) is 4.52 Å². The number of hydrogen-bond donors (Lipinski definition) is 3. The number of amides is 2. The summed E-state index contributed by atoms with van der Waals surface area (Å²) in [5.41, 5.74) is 0. The van der Waals surface area contributed by atoms with Gasteiger partial charge in [-0.3, -0.25) is 0 Å². The van der Waals surface area contributed by atoms with Crippen molar-refractivity contribution in [1.82, 2.24) is 20.8 Å². The van der Waals surface area contributed by atoms with Crippen LogP contribution in [0.2, 0.25) is 0 Å². The molecule has 1 aromatic rings. The van der Waals surface area contributed by atoms with E-state index in [-0.39, 0.29) is 25.2 Å². The second kappa shape index (κ2) is 7.97. The molecule has 118 valence electrons. The summed E-state index contributed by atoms with van der Waals surface area (Å²) in [6.45, 7) is 2.03. The maximum Gasteiger partial charge on any atom is 0.315 e. The minimum Gasteiger partial charge on any atom is -0.396 e. The summed E-state index contributed by atoms with van der Waals surface area (Å²) in [4.78, 5) is 16.0. The Balaban J connectivity index is 1.79. The summed E-state index contributed by atoms with van der Waals surface area (Å²) in [6, 6.07) is -0.227. The molecule has 0 radical (unpaired) electrons. The molecule has 7 nitrogen and oxygen atoms in total. The fourth-order valence-electron chi connectivity index (χ4n) is 2.89. The molecular formula is C14H24N4O3. The Morgan fingerprint density at radius 1 is 1.43 bits per heavy atom. The summed E-state index contributed by atoms with van der Waals surface area (Å²) in [5.74, 6) is 1.40. The van der Waals surface area contributed by atoms with Crippen molar-refractivity contribution in [3.8, 4) is 0 Å². The van der Waals surface area contributed by atoms with Crippen LogP contribution in [-0.4, -0.2) is 33.9 Å². The Kier molecular flexibility index (Phi) is 5.98. The highest BCUT2D eigenvalue weighted by Crippen LogP contribution is 2.27. The third-order valence-electron chi connectivity index (χ3n) is 3.95. The Morgan fingerprint density at radius 3 is 2.81 bits per heavy atom. The molecule has 2 rings (SSSR count). The second-order valence-electron chi connectivity index (χ2n) is 5.58. The van der Waals surface area contributed by atoms with Gasteiger partial charge >= 0.3 is 6.03 Å². The first kappa shape index (κ1) is 15.8. The van der Waals surface area contributed by atoms with Crippen LogP contribution in [0.1, 0.15) is 50.2 Å². The summed E-state index contributed by atoms with van der Waals surface area (Å²) >= 11 is 0. The average Bonchev–Trinajstić information content (AvgIpc) is 2.91. The van der Waals surface area contributed by atoms with E-state index in [4.69, 9.17) is 4.52 Å². The van der Waals surface area contributed by atoms with E-state index in [2.05, 4.69) is 20.8 Å². The number of aliphatic hydroxyl groups excluding tert-OH is 1. The molecule has 1 unspecified atom stereocenters. The monoisotopic (exact) mass is 296 g/mol. The van der Waals surface area contributed by atoms with Gasteiger partial charge in [-0.1, -0.05) is 24.4 Å². The SMILES string of the molecule is Cc1noc(CNC(=O)NC(CCO)C2CCCCC2)n1. The Morgan fingerprint density at radius 2 is 2.19 bits per heavy atom. The van der Waals surface area contributed by atoms with E-state index in [9.17, 15) is 9.90 Å². The lowest BCUT2D eigenvalue weighted by Gasteiger charge is -2.30. The molecule has 2 amide bonds. The quantitative estimate of drug-likeness (QED) is 0.738. The number of urea groups is 1. The van der Waals surface area contributed by atoms with Crippen molar-refractivity contribution >= 4 is 6.03 Å². The molecule has 1 aliphatic rings. The largest absolute Gasteiger partial charge is 0.396 e. The molecule has 0 bridgehead atoms. The number of aromatic nitrogens is 2. The van der Waals surface area contributed by atoms with Crippen LogP contribution in [-0.2, 0) is 6.54 Å². The van der Waals surface area contributed by atoms with Crippen molar-refractivity contribution in [3.63, 3.8) is 0 Å². The van der Waals surface area contributed by atoms with Crippen LogP contribution in [0.5, 0.6) is 0 Å². The van der Waals surface area contributed by atoms with Crippen molar-refractivity contribution in [1.29, 1.82) is 0 Å². The summed E-state index contributed by atoms with van der Waals surface area (Å²) in [7, 11) is 0. The zero-order valence-electron chi connectivity index (χ0n) is 12.5. The predicted octanol–water partition coefficient (Wildman–Crippen LogP) is 1.51. The number of aryl methyl sites for hydroxylation is 1. The van der Waals surface area contributed by atoms with Gasteiger partial charge in [0.25, 0.3) is 0 Å². The first-order chi connectivity index (χ1) is 10.2. The summed E-state index contributed by atoms with van der Waals surface area (Å²) < 4.78 is 4.94. The highest BCUT2D eigenvalue weighted by atomic mass is 16.5. The van der Waals surface area contributed by atoms with E-state index in [1.54, 1.807) is 6.92 Å². The first-order valence-electron chi connectivity index (χ1n) is 7.63. The smallest absolute Gasteiger partial charge is 0.315 e. The van der Waals surface area contributed by atoms with Gasteiger partial charge in [-0.2, -0.15) is 4.98 Å². The zero-order chi connectivity index (χ0) is 15.1. The van der Waals surface area contributed by atoms with E-state index in [1.807, 2.05) is 0 Å². The molecule has 21 heavy (non-hydrogen) atoms. The molecule has 1 fully saturated rings. The van der Waals surface area contributed by atoms with Gasteiger partial charge in [-0.15, -0.1) is 0 Å². The van der Waals surface area contributed by atoms with Crippen LogP contribution < -0.4 is 10.6 Å². The molecule has 1 saturated carbocycles. The van der Waals surface area contributed by atoms with Crippen LogP contribution in [0, 0.1) is 12.8 Å². The van der Waals surface area contributed by atoms with Gasteiger partial charge in [0.05, 0.1) is 6.54 Å². The van der Waals surface area contributed by atoms with E-state index in [0.29, 0.717) is 24.1 Å². The van der Waals surface area contributed by atoms with Gasteiger partial charge in [0.15, 0.2) is 5.82 Å². The number of nitrogens with one attached hydrogen (secondary N) is 2. The normalized spacial score (nSPS) is 17.4. The number of carbonyl (C=O) groups excluding carboxylic acids is 1. The lowest BCUT2D eigenvalue weighted by Crippen LogP contribution is -2.46. The molecule has 1 aliphatic carbocycles. The van der Waals surface area contributed by atoms with Crippen molar-refractivity contribution in [2.24, 2.45) is 5.92 Å². The molecule has 0 saturated heterocycles. The first-order valence-corrected chi connectivity index (χ1v) is 7.63. The van der Waals surface area contributed by atoms with Gasteiger partial charge in [-0.05, 0) is 32.1 Å². The number of rotatable bonds is 6.